The van der Waals surface area contributed by atoms with Crippen LogP contribution in [-0.4, -0.2) is 27.1 Å². The van der Waals surface area contributed by atoms with Crippen LogP contribution in [0.4, 0.5) is 0 Å². The zero-order valence-corrected chi connectivity index (χ0v) is 21.0. The Morgan fingerprint density at radius 2 is 1.97 bits per heavy atom. The lowest BCUT2D eigenvalue weighted by atomic mass is 9.95. The van der Waals surface area contributed by atoms with Gasteiger partial charge in [-0.15, -0.1) is 0 Å². The maximum Gasteiger partial charge on any atom is 0.186 e. The van der Waals surface area contributed by atoms with E-state index >= 15 is 0 Å². The molecule has 6 nitrogen and oxygen atoms in total. The number of halogens is 1. The van der Waals surface area contributed by atoms with Crippen LogP contribution in [0.25, 0.3) is 4.85 Å². The van der Waals surface area contributed by atoms with Gasteiger partial charge in [0.25, 0.3) is 0 Å². The van der Waals surface area contributed by atoms with Gasteiger partial charge in [0.05, 0.1) is 30.8 Å². The lowest BCUT2D eigenvalue weighted by molar-refractivity contribution is 0.0672. The molecule has 0 heterocycles. The fourth-order valence-electron chi connectivity index (χ4n) is 3.87. The Balaban J connectivity index is 1.63. The SMILES string of the molecule is [C-]#[N+]C1=C(Br)C[C@H](COCc2cccc(S(=O)O)c2)[C@H]1COc1cccc(C(O)C(C)C)c1. The maximum absolute atomic E-state index is 11.3. The van der Waals surface area contributed by atoms with E-state index in [1.54, 1.807) is 18.2 Å². The van der Waals surface area contributed by atoms with E-state index in [1.165, 1.54) is 0 Å². The maximum atomic E-state index is 11.3. The van der Waals surface area contributed by atoms with E-state index in [-0.39, 0.29) is 17.8 Å². The molecule has 1 aliphatic rings. The van der Waals surface area contributed by atoms with Crippen LogP contribution in [0.2, 0.25) is 0 Å². The average molecular weight is 534 g/mol. The Morgan fingerprint density at radius 1 is 1.21 bits per heavy atom. The molecule has 1 aliphatic carbocycles. The van der Waals surface area contributed by atoms with Gasteiger partial charge < -0.3 is 19.1 Å². The lowest BCUT2D eigenvalue weighted by Crippen LogP contribution is -2.23. The number of ether oxygens (including phenoxy) is 2. The molecular formula is C25H28BrNO5S. The quantitative estimate of drug-likeness (QED) is 0.301. The molecule has 176 valence electrons. The third-order valence-electron chi connectivity index (χ3n) is 5.72. The summed E-state index contributed by atoms with van der Waals surface area (Å²) in [5.74, 6) is 0.713. The minimum absolute atomic E-state index is 0.0723. The number of rotatable bonds is 10. The molecular weight excluding hydrogens is 506 g/mol. The monoisotopic (exact) mass is 533 g/mol. The molecule has 0 bridgehead atoms. The molecule has 2 aromatic rings. The number of aliphatic hydroxyl groups is 1. The molecule has 0 amide bonds. The van der Waals surface area contributed by atoms with Crippen molar-refractivity contribution in [1.82, 2.24) is 0 Å². The van der Waals surface area contributed by atoms with Crippen molar-refractivity contribution in [1.29, 1.82) is 0 Å². The molecule has 2 unspecified atom stereocenters. The van der Waals surface area contributed by atoms with Crippen LogP contribution in [0.5, 0.6) is 5.75 Å². The largest absolute Gasteiger partial charge is 0.494 e. The van der Waals surface area contributed by atoms with E-state index in [0.717, 1.165) is 15.6 Å². The number of nitrogens with zero attached hydrogens (tertiary/aromatic N) is 1. The lowest BCUT2D eigenvalue weighted by Gasteiger charge is -2.22. The summed E-state index contributed by atoms with van der Waals surface area (Å²) in [6.45, 7) is 12.6. The Labute approximate surface area is 205 Å². The van der Waals surface area contributed by atoms with E-state index in [9.17, 15) is 13.9 Å². The van der Waals surface area contributed by atoms with Crippen molar-refractivity contribution in [3.05, 3.63) is 81.3 Å². The molecule has 4 atom stereocenters. The van der Waals surface area contributed by atoms with Crippen LogP contribution < -0.4 is 4.74 Å². The number of benzene rings is 2. The number of aliphatic hydroxyl groups excluding tert-OH is 1. The first kappa shape index (κ1) is 25.6. The summed E-state index contributed by atoms with van der Waals surface area (Å²) in [7, 11) is 0. The summed E-state index contributed by atoms with van der Waals surface area (Å²) in [6.07, 6.45) is 0.134. The van der Waals surface area contributed by atoms with E-state index in [1.807, 2.05) is 44.2 Å². The van der Waals surface area contributed by atoms with Crippen LogP contribution >= 0.6 is 15.9 Å². The summed E-state index contributed by atoms with van der Waals surface area (Å²) < 4.78 is 33.4. The molecule has 8 heteroatoms. The van der Waals surface area contributed by atoms with Crippen molar-refractivity contribution in [2.24, 2.45) is 17.8 Å². The summed E-state index contributed by atoms with van der Waals surface area (Å²) in [5, 5.41) is 10.3. The van der Waals surface area contributed by atoms with Gasteiger partial charge >= 0.3 is 0 Å². The third-order valence-corrected chi connectivity index (χ3v) is 7.11. The zero-order chi connectivity index (χ0) is 24.0. The topological polar surface area (TPSA) is 80.4 Å². The van der Waals surface area contributed by atoms with E-state index in [2.05, 4.69) is 20.8 Å². The standard InChI is InChI=1S/C25H28BrNO5S/c1-16(2)25(28)18-7-5-8-20(11-18)32-15-22-19(12-23(26)24(22)27-3)14-31-13-17-6-4-9-21(10-17)33(29)30/h4-11,16,19,22,25,28H,12-15H2,1-2H3,(H,29,30)/t19-,22-,25?/m1/s1. The van der Waals surface area contributed by atoms with E-state index in [0.29, 0.717) is 42.6 Å². The molecule has 2 aromatic carbocycles. The zero-order valence-electron chi connectivity index (χ0n) is 18.6. The van der Waals surface area contributed by atoms with Gasteiger partial charge in [-0.25, -0.2) is 9.05 Å². The predicted molar refractivity (Wildman–Crippen MR) is 131 cm³/mol. The molecule has 33 heavy (non-hydrogen) atoms. The Bertz CT molecular complexity index is 1060. The van der Waals surface area contributed by atoms with Gasteiger partial charge in [-0.05, 0) is 58.1 Å². The molecule has 2 N–H and O–H groups in total. The van der Waals surface area contributed by atoms with Crippen molar-refractivity contribution < 1.29 is 23.3 Å². The first-order valence-electron chi connectivity index (χ1n) is 10.7. The van der Waals surface area contributed by atoms with Crippen LogP contribution in [0.15, 0.2) is 63.6 Å². The summed E-state index contributed by atoms with van der Waals surface area (Å²) >= 11 is 1.52. The van der Waals surface area contributed by atoms with Gasteiger partial charge in [-0.3, -0.25) is 0 Å². The minimum atomic E-state index is -2.03. The highest BCUT2D eigenvalue weighted by molar-refractivity contribution is 9.11. The first-order chi connectivity index (χ1) is 15.8. The Hall–Kier alpha value is -2.02. The molecule has 0 fully saturated rings. The summed E-state index contributed by atoms with van der Waals surface area (Å²) in [5.41, 5.74) is 2.28. The number of hydrogen-bond acceptors (Lipinski definition) is 4. The molecule has 0 radical (unpaired) electrons. The van der Waals surface area contributed by atoms with Crippen LogP contribution in [0.1, 0.15) is 37.5 Å². The normalized spacial score (nSPS) is 20.0. The Morgan fingerprint density at radius 3 is 2.67 bits per heavy atom. The summed E-state index contributed by atoms with van der Waals surface area (Å²) in [6, 6.07) is 14.3. The highest BCUT2D eigenvalue weighted by Crippen LogP contribution is 2.41. The molecule has 0 aliphatic heterocycles. The number of allylic oxidation sites excluding steroid dienone is 1. The minimum Gasteiger partial charge on any atom is -0.494 e. The summed E-state index contributed by atoms with van der Waals surface area (Å²) in [4.78, 5) is 4.06. The molecule has 0 aromatic heterocycles. The van der Waals surface area contributed by atoms with Crippen LogP contribution in [-0.2, 0) is 22.4 Å². The van der Waals surface area contributed by atoms with Crippen molar-refractivity contribution >= 4 is 27.0 Å². The average Bonchev–Trinajstić information content (AvgIpc) is 3.11. The van der Waals surface area contributed by atoms with Gasteiger partial charge in [-0.1, -0.05) is 54.0 Å². The smallest absolute Gasteiger partial charge is 0.186 e. The van der Waals surface area contributed by atoms with Crippen molar-refractivity contribution in [3.63, 3.8) is 0 Å². The first-order valence-corrected chi connectivity index (χ1v) is 12.6. The number of hydrogen-bond donors (Lipinski definition) is 2. The predicted octanol–water partition coefficient (Wildman–Crippen LogP) is 5.71. The fourth-order valence-corrected chi connectivity index (χ4v) is 5.11. The Kier molecular flexibility index (Phi) is 9.24. The molecule has 0 spiro atoms. The van der Waals surface area contributed by atoms with Crippen LogP contribution in [0, 0.1) is 24.3 Å². The van der Waals surface area contributed by atoms with E-state index in [4.69, 9.17) is 16.0 Å². The van der Waals surface area contributed by atoms with Gasteiger partial charge in [0.2, 0.25) is 0 Å². The van der Waals surface area contributed by atoms with Gasteiger partial charge in [-0.2, -0.15) is 0 Å². The molecule has 3 rings (SSSR count). The third kappa shape index (κ3) is 6.75. The van der Waals surface area contributed by atoms with Crippen molar-refractivity contribution in [2.75, 3.05) is 13.2 Å². The van der Waals surface area contributed by atoms with Crippen molar-refractivity contribution in [2.45, 2.75) is 37.9 Å². The molecule has 0 saturated heterocycles. The van der Waals surface area contributed by atoms with E-state index < -0.39 is 17.2 Å². The highest BCUT2D eigenvalue weighted by atomic mass is 79.9. The van der Waals surface area contributed by atoms with Crippen molar-refractivity contribution in [3.8, 4) is 5.75 Å². The van der Waals surface area contributed by atoms with Gasteiger partial charge in [0.1, 0.15) is 5.75 Å². The van der Waals surface area contributed by atoms with Crippen LogP contribution in [0.3, 0.4) is 0 Å². The second-order valence-corrected chi connectivity index (χ2v) is 10.4. The van der Waals surface area contributed by atoms with Gasteiger partial charge in [0, 0.05) is 12.5 Å². The second kappa shape index (κ2) is 11.9. The molecule has 0 saturated carbocycles. The van der Waals surface area contributed by atoms with Gasteiger partial charge in [0.15, 0.2) is 16.8 Å². The highest BCUT2D eigenvalue weighted by Gasteiger charge is 2.35. The fraction of sp³-hybridized carbons (Fsp3) is 0.400. The second-order valence-electron chi connectivity index (χ2n) is 8.46.